The summed E-state index contributed by atoms with van der Waals surface area (Å²) < 4.78 is 0. The number of hydrogen-bond donors (Lipinski definition) is 2. The van der Waals surface area contributed by atoms with Crippen LogP contribution >= 0.6 is 0 Å². The van der Waals surface area contributed by atoms with E-state index >= 15 is 0 Å². The molecule has 110 valence electrons. The van der Waals surface area contributed by atoms with E-state index in [4.69, 9.17) is 5.73 Å². The first kappa shape index (κ1) is 14.8. The van der Waals surface area contributed by atoms with Gasteiger partial charge in [-0.3, -0.25) is 4.79 Å². The SMILES string of the molecule is NC1CCCCCC1C(=O)NCCCN1CCCC1. The van der Waals surface area contributed by atoms with Crippen LogP contribution in [0.25, 0.3) is 0 Å². The van der Waals surface area contributed by atoms with Crippen molar-refractivity contribution in [3.05, 3.63) is 0 Å². The lowest BCUT2D eigenvalue weighted by Gasteiger charge is -2.21. The van der Waals surface area contributed by atoms with E-state index in [1.54, 1.807) is 0 Å². The van der Waals surface area contributed by atoms with Crippen molar-refractivity contribution in [2.45, 2.75) is 57.4 Å². The van der Waals surface area contributed by atoms with E-state index in [0.29, 0.717) is 0 Å². The Kier molecular flexibility index (Phi) is 6.11. The summed E-state index contributed by atoms with van der Waals surface area (Å²) in [6.07, 6.45) is 9.27. The normalized spacial score (nSPS) is 29.1. The van der Waals surface area contributed by atoms with E-state index in [-0.39, 0.29) is 17.9 Å². The molecule has 0 radical (unpaired) electrons. The topological polar surface area (TPSA) is 58.4 Å². The van der Waals surface area contributed by atoms with Crippen LogP contribution in [0.2, 0.25) is 0 Å². The molecule has 4 nitrogen and oxygen atoms in total. The van der Waals surface area contributed by atoms with Gasteiger partial charge in [0, 0.05) is 12.6 Å². The van der Waals surface area contributed by atoms with Gasteiger partial charge in [0.1, 0.15) is 0 Å². The molecule has 0 bridgehead atoms. The van der Waals surface area contributed by atoms with Crippen LogP contribution in [0.5, 0.6) is 0 Å². The van der Waals surface area contributed by atoms with E-state index in [1.165, 1.54) is 38.8 Å². The molecule has 1 amide bonds. The molecule has 1 aliphatic heterocycles. The summed E-state index contributed by atoms with van der Waals surface area (Å²) in [6, 6.07) is 0.0704. The van der Waals surface area contributed by atoms with Crippen LogP contribution in [0.1, 0.15) is 51.4 Å². The number of amides is 1. The van der Waals surface area contributed by atoms with Gasteiger partial charge >= 0.3 is 0 Å². The van der Waals surface area contributed by atoms with Gasteiger partial charge < -0.3 is 16.0 Å². The molecule has 19 heavy (non-hydrogen) atoms. The molecule has 2 rings (SSSR count). The second-order valence-corrected chi connectivity index (χ2v) is 6.10. The fraction of sp³-hybridized carbons (Fsp3) is 0.933. The lowest BCUT2D eigenvalue weighted by molar-refractivity contribution is -0.125. The molecular formula is C15H29N3O. The van der Waals surface area contributed by atoms with E-state index in [0.717, 1.165) is 38.8 Å². The molecule has 1 saturated carbocycles. The highest BCUT2D eigenvalue weighted by Gasteiger charge is 2.26. The van der Waals surface area contributed by atoms with Gasteiger partial charge in [0.25, 0.3) is 0 Å². The van der Waals surface area contributed by atoms with E-state index in [9.17, 15) is 4.79 Å². The molecule has 2 fully saturated rings. The first-order chi connectivity index (χ1) is 9.27. The van der Waals surface area contributed by atoms with Gasteiger partial charge in [-0.2, -0.15) is 0 Å². The van der Waals surface area contributed by atoms with E-state index in [2.05, 4.69) is 10.2 Å². The largest absolute Gasteiger partial charge is 0.356 e. The van der Waals surface area contributed by atoms with Crippen molar-refractivity contribution in [2.75, 3.05) is 26.2 Å². The molecular weight excluding hydrogens is 238 g/mol. The van der Waals surface area contributed by atoms with Crippen LogP contribution in [0.3, 0.4) is 0 Å². The minimum Gasteiger partial charge on any atom is -0.356 e. The summed E-state index contributed by atoms with van der Waals surface area (Å²) in [5.74, 6) is 0.241. The van der Waals surface area contributed by atoms with Crippen LogP contribution in [-0.2, 0) is 4.79 Å². The van der Waals surface area contributed by atoms with Crippen molar-refractivity contribution >= 4 is 5.91 Å². The van der Waals surface area contributed by atoms with Crippen LogP contribution in [0.15, 0.2) is 0 Å². The summed E-state index contributed by atoms with van der Waals surface area (Å²) in [6.45, 7) is 4.40. The molecule has 0 spiro atoms. The predicted molar refractivity (Wildman–Crippen MR) is 77.9 cm³/mol. The first-order valence-corrected chi connectivity index (χ1v) is 8.03. The molecule has 1 saturated heterocycles. The number of nitrogens with two attached hydrogens (primary N) is 1. The van der Waals surface area contributed by atoms with Gasteiger partial charge in [0.15, 0.2) is 0 Å². The van der Waals surface area contributed by atoms with Crippen LogP contribution < -0.4 is 11.1 Å². The Morgan fingerprint density at radius 3 is 2.63 bits per heavy atom. The van der Waals surface area contributed by atoms with E-state index in [1.807, 2.05) is 0 Å². The summed E-state index contributed by atoms with van der Waals surface area (Å²) in [7, 11) is 0. The maximum absolute atomic E-state index is 12.2. The summed E-state index contributed by atoms with van der Waals surface area (Å²) in [5.41, 5.74) is 6.11. The summed E-state index contributed by atoms with van der Waals surface area (Å²) in [5, 5.41) is 3.09. The Balaban J connectivity index is 1.62. The Morgan fingerprint density at radius 2 is 1.84 bits per heavy atom. The zero-order valence-electron chi connectivity index (χ0n) is 12.1. The molecule has 2 aliphatic rings. The van der Waals surface area contributed by atoms with Crippen LogP contribution in [0, 0.1) is 5.92 Å². The highest BCUT2D eigenvalue weighted by molar-refractivity contribution is 5.79. The zero-order chi connectivity index (χ0) is 13.5. The average molecular weight is 267 g/mol. The fourth-order valence-corrected chi connectivity index (χ4v) is 3.31. The summed E-state index contributed by atoms with van der Waals surface area (Å²) in [4.78, 5) is 14.6. The summed E-state index contributed by atoms with van der Waals surface area (Å²) >= 11 is 0. The van der Waals surface area contributed by atoms with Gasteiger partial charge in [-0.25, -0.2) is 0 Å². The smallest absolute Gasteiger partial charge is 0.224 e. The molecule has 0 aromatic heterocycles. The molecule has 2 unspecified atom stereocenters. The fourth-order valence-electron chi connectivity index (χ4n) is 3.31. The number of carbonyl (C=O) groups is 1. The van der Waals surface area contributed by atoms with Crippen LogP contribution in [-0.4, -0.2) is 43.0 Å². The number of rotatable bonds is 5. The monoisotopic (exact) mass is 267 g/mol. The third-order valence-electron chi connectivity index (χ3n) is 4.56. The van der Waals surface area contributed by atoms with Crippen molar-refractivity contribution in [3.8, 4) is 0 Å². The highest BCUT2D eigenvalue weighted by atomic mass is 16.1. The Labute approximate surface area is 117 Å². The van der Waals surface area contributed by atoms with Gasteiger partial charge in [-0.15, -0.1) is 0 Å². The maximum Gasteiger partial charge on any atom is 0.224 e. The van der Waals surface area contributed by atoms with Crippen molar-refractivity contribution in [3.63, 3.8) is 0 Å². The quantitative estimate of drug-likeness (QED) is 0.586. The predicted octanol–water partition coefficient (Wildman–Crippen LogP) is 1.50. The average Bonchev–Trinajstić information content (AvgIpc) is 2.82. The van der Waals surface area contributed by atoms with Crippen molar-refractivity contribution < 1.29 is 4.79 Å². The van der Waals surface area contributed by atoms with Gasteiger partial charge in [-0.05, 0) is 51.7 Å². The minimum absolute atomic E-state index is 0.0503. The molecule has 4 heteroatoms. The third-order valence-corrected chi connectivity index (χ3v) is 4.56. The third kappa shape index (κ3) is 4.77. The molecule has 1 heterocycles. The first-order valence-electron chi connectivity index (χ1n) is 8.03. The van der Waals surface area contributed by atoms with Crippen molar-refractivity contribution in [2.24, 2.45) is 11.7 Å². The van der Waals surface area contributed by atoms with Crippen LogP contribution in [0.4, 0.5) is 0 Å². The number of nitrogens with zero attached hydrogens (tertiary/aromatic N) is 1. The molecule has 3 N–H and O–H groups in total. The number of hydrogen-bond acceptors (Lipinski definition) is 3. The minimum atomic E-state index is 0.0503. The standard InChI is InChI=1S/C15H29N3O/c16-14-8-3-1-2-7-13(14)15(19)17-9-6-12-18-10-4-5-11-18/h13-14H,1-12,16H2,(H,17,19). The number of carbonyl (C=O) groups excluding carboxylic acids is 1. The number of nitrogens with one attached hydrogen (secondary N) is 1. The van der Waals surface area contributed by atoms with Gasteiger partial charge in [-0.1, -0.05) is 19.3 Å². The maximum atomic E-state index is 12.2. The molecule has 0 aromatic carbocycles. The molecule has 1 aliphatic carbocycles. The van der Waals surface area contributed by atoms with Crippen molar-refractivity contribution in [1.29, 1.82) is 0 Å². The lowest BCUT2D eigenvalue weighted by Crippen LogP contribution is -2.42. The molecule has 0 aromatic rings. The molecule has 2 atom stereocenters. The zero-order valence-corrected chi connectivity index (χ0v) is 12.1. The van der Waals surface area contributed by atoms with Gasteiger partial charge in [0.2, 0.25) is 5.91 Å². The highest BCUT2D eigenvalue weighted by Crippen LogP contribution is 2.22. The number of likely N-dealkylation sites (tertiary alicyclic amines) is 1. The Morgan fingerprint density at radius 1 is 1.11 bits per heavy atom. The Bertz CT molecular complexity index is 277. The lowest BCUT2D eigenvalue weighted by atomic mass is 9.94. The van der Waals surface area contributed by atoms with E-state index < -0.39 is 0 Å². The second-order valence-electron chi connectivity index (χ2n) is 6.10. The second kappa shape index (κ2) is 7.85. The van der Waals surface area contributed by atoms with Gasteiger partial charge in [0.05, 0.1) is 5.92 Å². The van der Waals surface area contributed by atoms with Crippen molar-refractivity contribution in [1.82, 2.24) is 10.2 Å². The Hall–Kier alpha value is -0.610.